The zero-order valence-corrected chi connectivity index (χ0v) is 12.8. The Morgan fingerprint density at radius 2 is 1.91 bits per heavy atom. The fraction of sp³-hybridized carbons (Fsp3) is 0.500. The molecule has 22 heavy (non-hydrogen) atoms. The van der Waals surface area contributed by atoms with E-state index in [9.17, 15) is 18.8 Å². The van der Waals surface area contributed by atoms with Crippen molar-refractivity contribution in [2.45, 2.75) is 44.8 Å². The highest BCUT2D eigenvalue weighted by molar-refractivity contribution is 5.69. The summed E-state index contributed by atoms with van der Waals surface area (Å²) in [7, 11) is 0. The Morgan fingerprint density at radius 1 is 1.32 bits per heavy atom. The van der Waals surface area contributed by atoms with Crippen molar-refractivity contribution in [2.24, 2.45) is 0 Å². The number of carbonyl (C=O) groups is 1. The first-order valence-corrected chi connectivity index (χ1v) is 7.05. The summed E-state index contributed by atoms with van der Waals surface area (Å²) in [5.74, 6) is -1.62. The van der Waals surface area contributed by atoms with Crippen molar-refractivity contribution in [3.05, 3.63) is 35.4 Å². The Bertz CT molecular complexity index is 599. The summed E-state index contributed by atoms with van der Waals surface area (Å²) in [5, 5.41) is 9.21. The molecule has 1 aromatic carbocycles. The number of likely N-dealkylation sites (tertiary alicyclic amines) is 1. The Balaban J connectivity index is 2.19. The number of hydrogen-bond donors (Lipinski definition) is 0. The van der Waals surface area contributed by atoms with Gasteiger partial charge in [0.05, 0.1) is 6.07 Å². The third-order valence-electron chi connectivity index (χ3n) is 3.43. The molecule has 0 bridgehead atoms. The molecule has 1 amide bonds. The molecule has 0 unspecified atom stereocenters. The Hall–Kier alpha value is -2.16. The van der Waals surface area contributed by atoms with Crippen molar-refractivity contribution in [3.8, 4) is 6.07 Å². The van der Waals surface area contributed by atoms with Crippen molar-refractivity contribution < 1.29 is 18.3 Å². The van der Waals surface area contributed by atoms with Crippen molar-refractivity contribution in [2.75, 3.05) is 6.54 Å². The van der Waals surface area contributed by atoms with E-state index in [1.54, 1.807) is 20.8 Å². The summed E-state index contributed by atoms with van der Waals surface area (Å²) < 4.78 is 31.9. The summed E-state index contributed by atoms with van der Waals surface area (Å²) in [6.07, 6.45) is -0.253. The minimum Gasteiger partial charge on any atom is -0.444 e. The molecule has 1 aliphatic heterocycles. The fourth-order valence-electron chi connectivity index (χ4n) is 2.53. The zero-order chi connectivity index (χ0) is 16.5. The maximum Gasteiger partial charge on any atom is 0.411 e. The van der Waals surface area contributed by atoms with Gasteiger partial charge in [-0.25, -0.2) is 13.6 Å². The highest BCUT2D eigenvalue weighted by atomic mass is 19.1. The number of halogens is 2. The normalized spacial score (nSPS) is 21.5. The molecule has 4 nitrogen and oxygen atoms in total. The third kappa shape index (κ3) is 3.73. The van der Waals surface area contributed by atoms with E-state index < -0.39 is 29.4 Å². The fourth-order valence-corrected chi connectivity index (χ4v) is 2.53. The van der Waals surface area contributed by atoms with Crippen LogP contribution in [0.15, 0.2) is 18.2 Å². The number of hydrogen-bond acceptors (Lipinski definition) is 3. The first kappa shape index (κ1) is 16.2. The number of ether oxygens (including phenoxy) is 1. The van der Waals surface area contributed by atoms with Crippen LogP contribution in [0.3, 0.4) is 0 Å². The molecular formula is C16H18F2N2O2. The van der Waals surface area contributed by atoms with Crippen molar-refractivity contribution in [3.63, 3.8) is 0 Å². The van der Waals surface area contributed by atoms with E-state index >= 15 is 0 Å². The van der Waals surface area contributed by atoms with E-state index in [1.165, 1.54) is 17.0 Å². The minimum atomic E-state index is -0.667. The molecule has 0 spiro atoms. The number of rotatable bonds is 1. The predicted molar refractivity (Wildman–Crippen MR) is 76.1 cm³/mol. The summed E-state index contributed by atoms with van der Waals surface area (Å²) in [6.45, 7) is 5.42. The van der Waals surface area contributed by atoms with Crippen LogP contribution >= 0.6 is 0 Å². The number of nitrogens with zero attached hydrogens (tertiary/aromatic N) is 2. The highest BCUT2D eigenvalue weighted by Crippen LogP contribution is 2.33. The van der Waals surface area contributed by atoms with Crippen LogP contribution in [0.4, 0.5) is 13.6 Å². The molecule has 0 saturated carbocycles. The van der Waals surface area contributed by atoms with Crippen LogP contribution in [0.25, 0.3) is 0 Å². The van der Waals surface area contributed by atoms with Crippen LogP contribution in [0, 0.1) is 23.0 Å². The molecule has 118 valence electrons. The quantitative estimate of drug-likeness (QED) is 0.797. The van der Waals surface area contributed by atoms with E-state index in [1.807, 2.05) is 6.07 Å². The second kappa shape index (κ2) is 5.91. The number of carbonyl (C=O) groups excluding carboxylic acids is 1. The second-order valence-corrected chi connectivity index (χ2v) is 6.41. The lowest BCUT2D eigenvalue weighted by atomic mass is 9.96. The molecule has 1 saturated heterocycles. The Labute approximate surface area is 128 Å². The van der Waals surface area contributed by atoms with Crippen LogP contribution in [-0.2, 0) is 4.74 Å². The maximum atomic E-state index is 13.3. The largest absolute Gasteiger partial charge is 0.444 e. The van der Waals surface area contributed by atoms with Gasteiger partial charge < -0.3 is 4.74 Å². The summed E-state index contributed by atoms with van der Waals surface area (Å²) in [6, 6.07) is 4.66. The van der Waals surface area contributed by atoms with Crippen LogP contribution in [0.1, 0.15) is 38.7 Å². The van der Waals surface area contributed by atoms with Gasteiger partial charge in [0.1, 0.15) is 23.3 Å². The molecule has 1 aromatic rings. The van der Waals surface area contributed by atoms with Gasteiger partial charge in [-0.05, 0) is 44.9 Å². The molecule has 0 aliphatic carbocycles. The van der Waals surface area contributed by atoms with E-state index in [-0.39, 0.29) is 12.5 Å². The first-order chi connectivity index (χ1) is 10.2. The molecule has 6 heteroatoms. The molecule has 0 aromatic heterocycles. The lowest BCUT2D eigenvalue weighted by molar-refractivity contribution is 0.0257. The topological polar surface area (TPSA) is 53.3 Å². The molecule has 1 fully saturated rings. The van der Waals surface area contributed by atoms with Gasteiger partial charge in [-0.3, -0.25) is 4.90 Å². The maximum absolute atomic E-state index is 13.3. The van der Waals surface area contributed by atoms with E-state index in [2.05, 4.69) is 0 Å². The summed E-state index contributed by atoms with van der Waals surface area (Å²) >= 11 is 0. The predicted octanol–water partition coefficient (Wildman–Crippen LogP) is 3.58. The monoisotopic (exact) mass is 308 g/mol. The number of amides is 1. The average Bonchev–Trinajstić information content (AvgIpc) is 2.79. The van der Waals surface area contributed by atoms with Crippen LogP contribution in [0.2, 0.25) is 0 Å². The van der Waals surface area contributed by atoms with Crippen molar-refractivity contribution >= 4 is 6.09 Å². The van der Waals surface area contributed by atoms with Gasteiger partial charge in [0.15, 0.2) is 0 Å². The molecule has 2 rings (SSSR count). The van der Waals surface area contributed by atoms with Gasteiger partial charge in [-0.1, -0.05) is 0 Å². The molecule has 1 aliphatic rings. The minimum absolute atomic E-state index is 0.204. The summed E-state index contributed by atoms with van der Waals surface area (Å²) in [4.78, 5) is 13.5. The van der Waals surface area contributed by atoms with Gasteiger partial charge in [-0.15, -0.1) is 0 Å². The molecule has 2 atom stereocenters. The molecule has 0 radical (unpaired) electrons. The SMILES string of the molecule is CC(C)(C)OC(=O)N1C[C@@H](c2cc(F)cc(F)c2)C[C@@H]1C#N. The smallest absolute Gasteiger partial charge is 0.411 e. The van der Waals surface area contributed by atoms with E-state index in [0.29, 0.717) is 12.0 Å². The van der Waals surface area contributed by atoms with Gasteiger partial charge in [0.25, 0.3) is 0 Å². The van der Waals surface area contributed by atoms with Gasteiger partial charge in [0.2, 0.25) is 0 Å². The van der Waals surface area contributed by atoms with Crippen LogP contribution < -0.4 is 0 Å². The van der Waals surface area contributed by atoms with E-state index in [4.69, 9.17) is 4.74 Å². The van der Waals surface area contributed by atoms with E-state index in [0.717, 1.165) is 6.07 Å². The zero-order valence-electron chi connectivity index (χ0n) is 12.8. The molecule has 0 N–H and O–H groups in total. The van der Waals surface area contributed by atoms with Crippen molar-refractivity contribution in [1.29, 1.82) is 5.26 Å². The number of nitriles is 1. The van der Waals surface area contributed by atoms with Gasteiger partial charge >= 0.3 is 6.09 Å². The molecular weight excluding hydrogens is 290 g/mol. The number of benzene rings is 1. The van der Waals surface area contributed by atoms with Gasteiger partial charge in [-0.2, -0.15) is 5.26 Å². The second-order valence-electron chi connectivity index (χ2n) is 6.41. The molecule has 1 heterocycles. The Morgan fingerprint density at radius 3 is 2.41 bits per heavy atom. The average molecular weight is 308 g/mol. The van der Waals surface area contributed by atoms with Crippen molar-refractivity contribution in [1.82, 2.24) is 4.90 Å². The van der Waals surface area contributed by atoms with Crippen LogP contribution in [-0.4, -0.2) is 29.2 Å². The standard InChI is InChI=1S/C16H18F2N2O2/c1-16(2,3)22-15(21)20-9-11(6-14(20)8-19)10-4-12(17)7-13(18)5-10/h4-5,7,11,14H,6,9H2,1-3H3/t11-,14+/m0/s1. The van der Waals surface area contributed by atoms with Crippen LogP contribution in [0.5, 0.6) is 0 Å². The Kier molecular flexibility index (Phi) is 4.36. The third-order valence-corrected chi connectivity index (χ3v) is 3.43. The lowest BCUT2D eigenvalue weighted by Crippen LogP contribution is -2.39. The highest BCUT2D eigenvalue weighted by Gasteiger charge is 2.38. The van der Waals surface area contributed by atoms with Gasteiger partial charge in [0, 0.05) is 18.5 Å². The first-order valence-electron chi connectivity index (χ1n) is 7.05. The lowest BCUT2D eigenvalue weighted by Gasteiger charge is -2.26. The summed E-state index contributed by atoms with van der Waals surface area (Å²) in [5.41, 5.74) is -0.219.